The van der Waals surface area contributed by atoms with Crippen molar-refractivity contribution in [3.8, 4) is 0 Å². The van der Waals surface area contributed by atoms with E-state index in [9.17, 15) is 13.2 Å². The number of hydrogen-bond acceptors (Lipinski definition) is 5. The predicted molar refractivity (Wildman–Crippen MR) is 72.9 cm³/mol. The monoisotopic (exact) mass is 306 g/mol. The summed E-state index contributed by atoms with van der Waals surface area (Å²) in [4.78, 5) is 14.5. The van der Waals surface area contributed by atoms with E-state index < -0.39 is 21.7 Å². The van der Waals surface area contributed by atoms with Crippen LogP contribution in [-0.4, -0.2) is 31.0 Å². The van der Waals surface area contributed by atoms with Gasteiger partial charge in [0.05, 0.1) is 5.51 Å². The van der Waals surface area contributed by atoms with Crippen LogP contribution in [0.25, 0.3) is 0 Å². The standard InChI is InChI=1S/C11H18N2O4S2/c1-7(2)11(3,4)5-13-19(16,17)10-8(9(14)15)12-6-18-10/h6-7,13H,5H2,1-4H3,(H,14,15). The summed E-state index contributed by atoms with van der Waals surface area (Å²) in [6.07, 6.45) is 0. The van der Waals surface area contributed by atoms with Crippen molar-refractivity contribution in [2.45, 2.75) is 31.9 Å². The molecule has 0 bridgehead atoms. The predicted octanol–water partition coefficient (Wildman–Crippen LogP) is 1.80. The Labute approximate surface area is 116 Å². The first-order chi connectivity index (χ1) is 8.58. The third kappa shape index (κ3) is 3.74. The van der Waals surface area contributed by atoms with Gasteiger partial charge >= 0.3 is 5.97 Å². The number of nitrogens with zero attached hydrogens (tertiary/aromatic N) is 1. The van der Waals surface area contributed by atoms with Crippen molar-refractivity contribution in [3.05, 3.63) is 11.2 Å². The molecule has 0 fully saturated rings. The number of carboxylic acid groups (broad SMARTS) is 1. The van der Waals surface area contributed by atoms with Crippen LogP contribution in [0.3, 0.4) is 0 Å². The highest BCUT2D eigenvalue weighted by molar-refractivity contribution is 7.91. The molecule has 19 heavy (non-hydrogen) atoms. The minimum atomic E-state index is -3.83. The molecule has 1 aromatic heterocycles. The van der Waals surface area contributed by atoms with E-state index in [0.717, 1.165) is 11.3 Å². The minimum absolute atomic E-state index is 0.221. The van der Waals surface area contributed by atoms with Crippen LogP contribution >= 0.6 is 11.3 Å². The van der Waals surface area contributed by atoms with Crippen molar-refractivity contribution in [1.82, 2.24) is 9.71 Å². The average Bonchev–Trinajstić information content (AvgIpc) is 2.76. The third-order valence-electron chi connectivity index (χ3n) is 3.26. The molecule has 2 N–H and O–H groups in total. The quantitative estimate of drug-likeness (QED) is 0.835. The Morgan fingerprint density at radius 1 is 1.53 bits per heavy atom. The molecule has 0 aliphatic rings. The number of nitrogens with one attached hydrogen (secondary N) is 1. The first kappa shape index (κ1) is 16.1. The molecule has 0 unspecified atom stereocenters. The van der Waals surface area contributed by atoms with Gasteiger partial charge < -0.3 is 5.11 Å². The van der Waals surface area contributed by atoms with Crippen LogP contribution in [-0.2, 0) is 10.0 Å². The van der Waals surface area contributed by atoms with E-state index in [4.69, 9.17) is 5.11 Å². The molecule has 0 saturated carbocycles. The second-order valence-electron chi connectivity index (χ2n) is 5.26. The van der Waals surface area contributed by atoms with E-state index in [-0.39, 0.29) is 22.1 Å². The van der Waals surface area contributed by atoms with Crippen molar-refractivity contribution < 1.29 is 18.3 Å². The summed E-state index contributed by atoms with van der Waals surface area (Å²) in [5, 5.41) is 8.89. The zero-order valence-corrected chi connectivity index (χ0v) is 12.9. The maximum absolute atomic E-state index is 12.1. The smallest absolute Gasteiger partial charge is 0.356 e. The lowest BCUT2D eigenvalue weighted by atomic mass is 9.81. The molecule has 0 aliphatic carbocycles. The Bertz CT molecular complexity index is 561. The molecule has 0 radical (unpaired) electrons. The molecule has 0 aromatic carbocycles. The number of aromatic nitrogens is 1. The molecule has 1 aromatic rings. The van der Waals surface area contributed by atoms with Crippen molar-refractivity contribution in [2.75, 3.05) is 6.54 Å². The fraction of sp³-hybridized carbons (Fsp3) is 0.636. The Hall–Kier alpha value is -0.990. The first-order valence-electron chi connectivity index (χ1n) is 5.74. The number of carboxylic acids is 1. The van der Waals surface area contributed by atoms with Crippen molar-refractivity contribution in [1.29, 1.82) is 0 Å². The molecule has 0 atom stereocenters. The minimum Gasteiger partial charge on any atom is -0.476 e. The Balaban J connectivity index is 2.94. The van der Waals surface area contributed by atoms with E-state index in [0.29, 0.717) is 0 Å². The molecule has 1 rings (SSSR count). The number of carbonyl (C=O) groups is 1. The van der Waals surface area contributed by atoms with Crippen LogP contribution in [0.5, 0.6) is 0 Å². The largest absolute Gasteiger partial charge is 0.476 e. The van der Waals surface area contributed by atoms with Crippen molar-refractivity contribution >= 4 is 27.3 Å². The lowest BCUT2D eigenvalue weighted by Gasteiger charge is -2.29. The van der Waals surface area contributed by atoms with Gasteiger partial charge in [-0.25, -0.2) is 22.9 Å². The van der Waals surface area contributed by atoms with Gasteiger partial charge in [-0.1, -0.05) is 27.7 Å². The zero-order valence-electron chi connectivity index (χ0n) is 11.3. The summed E-state index contributed by atoms with van der Waals surface area (Å²) >= 11 is 0.801. The Morgan fingerprint density at radius 3 is 2.58 bits per heavy atom. The maximum Gasteiger partial charge on any atom is 0.356 e. The molecule has 8 heteroatoms. The summed E-state index contributed by atoms with van der Waals surface area (Å²) in [6, 6.07) is 0. The van der Waals surface area contributed by atoms with E-state index >= 15 is 0 Å². The summed E-state index contributed by atoms with van der Waals surface area (Å²) in [7, 11) is -3.83. The topological polar surface area (TPSA) is 96.4 Å². The molecule has 0 aliphatic heterocycles. The number of aromatic carboxylic acids is 1. The fourth-order valence-corrected chi connectivity index (χ4v) is 3.53. The van der Waals surface area contributed by atoms with Gasteiger partial charge in [0.2, 0.25) is 0 Å². The SMILES string of the molecule is CC(C)C(C)(C)CNS(=O)(=O)c1scnc1C(=O)O. The first-order valence-corrected chi connectivity index (χ1v) is 8.10. The van der Waals surface area contributed by atoms with Gasteiger partial charge in [0, 0.05) is 6.54 Å². The van der Waals surface area contributed by atoms with Gasteiger partial charge in [-0.2, -0.15) is 0 Å². The zero-order chi connectivity index (χ0) is 14.8. The van der Waals surface area contributed by atoms with E-state index in [1.165, 1.54) is 5.51 Å². The number of sulfonamides is 1. The Morgan fingerprint density at radius 2 is 2.11 bits per heavy atom. The van der Waals surface area contributed by atoms with Crippen LogP contribution < -0.4 is 4.72 Å². The molecular formula is C11H18N2O4S2. The molecule has 6 nitrogen and oxygen atoms in total. The number of rotatable bonds is 6. The maximum atomic E-state index is 12.1. The third-order valence-corrected chi connectivity index (χ3v) is 6.03. The highest BCUT2D eigenvalue weighted by Crippen LogP contribution is 2.26. The second-order valence-corrected chi connectivity index (χ2v) is 8.08. The molecule has 1 heterocycles. The summed E-state index contributed by atoms with van der Waals surface area (Å²) in [5.41, 5.74) is 0.562. The Kier molecular flexibility index (Phi) is 4.70. The van der Waals surface area contributed by atoms with Gasteiger partial charge in [0.15, 0.2) is 9.90 Å². The van der Waals surface area contributed by atoms with Crippen molar-refractivity contribution in [3.63, 3.8) is 0 Å². The molecular weight excluding hydrogens is 288 g/mol. The lowest BCUT2D eigenvalue weighted by molar-refractivity contribution is 0.0687. The van der Waals surface area contributed by atoms with E-state index in [1.54, 1.807) is 0 Å². The van der Waals surface area contributed by atoms with Crippen LogP contribution in [0.2, 0.25) is 0 Å². The fourth-order valence-electron chi connectivity index (χ4n) is 1.12. The van der Waals surface area contributed by atoms with Crippen LogP contribution in [0.15, 0.2) is 9.72 Å². The van der Waals surface area contributed by atoms with E-state index in [1.807, 2.05) is 27.7 Å². The summed E-state index contributed by atoms with van der Waals surface area (Å²) < 4.78 is 26.4. The second kappa shape index (κ2) is 5.56. The van der Waals surface area contributed by atoms with Gasteiger partial charge in [-0.3, -0.25) is 0 Å². The molecule has 0 spiro atoms. The normalized spacial score (nSPS) is 12.9. The summed E-state index contributed by atoms with van der Waals surface area (Å²) in [6.45, 7) is 8.15. The van der Waals surface area contributed by atoms with Crippen LogP contribution in [0.1, 0.15) is 38.2 Å². The number of thiazole rings is 1. The number of hydrogen-bond donors (Lipinski definition) is 2. The highest BCUT2D eigenvalue weighted by Gasteiger charge is 2.29. The summed E-state index contributed by atoms with van der Waals surface area (Å²) in [5.74, 6) is -1.06. The molecule has 0 amide bonds. The molecule has 108 valence electrons. The average molecular weight is 306 g/mol. The van der Waals surface area contributed by atoms with Crippen molar-refractivity contribution in [2.24, 2.45) is 11.3 Å². The van der Waals surface area contributed by atoms with Crippen LogP contribution in [0, 0.1) is 11.3 Å². The van der Waals surface area contributed by atoms with Gasteiger partial charge in [-0.05, 0) is 11.3 Å². The highest BCUT2D eigenvalue weighted by atomic mass is 32.2. The van der Waals surface area contributed by atoms with Gasteiger partial charge in [-0.15, -0.1) is 11.3 Å². The lowest BCUT2D eigenvalue weighted by Crippen LogP contribution is -2.37. The van der Waals surface area contributed by atoms with Gasteiger partial charge in [0.25, 0.3) is 10.0 Å². The van der Waals surface area contributed by atoms with Crippen LogP contribution in [0.4, 0.5) is 0 Å². The molecule has 0 saturated heterocycles. The van der Waals surface area contributed by atoms with Gasteiger partial charge in [0.1, 0.15) is 0 Å². The van der Waals surface area contributed by atoms with E-state index in [2.05, 4.69) is 9.71 Å².